The van der Waals surface area contributed by atoms with Crippen LogP contribution in [0.1, 0.15) is 35.3 Å². The summed E-state index contributed by atoms with van der Waals surface area (Å²) in [6, 6.07) is 3.57. The second-order valence-corrected chi connectivity index (χ2v) is 5.86. The Morgan fingerprint density at radius 1 is 1.53 bits per heavy atom. The van der Waals surface area contributed by atoms with Crippen molar-refractivity contribution in [2.24, 2.45) is 11.7 Å². The van der Waals surface area contributed by atoms with Gasteiger partial charge in [0.1, 0.15) is 0 Å². The van der Waals surface area contributed by atoms with Crippen molar-refractivity contribution in [3.63, 3.8) is 0 Å². The molecule has 0 spiro atoms. The van der Waals surface area contributed by atoms with Gasteiger partial charge in [0, 0.05) is 4.88 Å². The van der Waals surface area contributed by atoms with Gasteiger partial charge in [-0.2, -0.15) is 0 Å². The minimum Gasteiger partial charge on any atom is -0.392 e. The van der Waals surface area contributed by atoms with Gasteiger partial charge in [-0.25, -0.2) is 0 Å². The molecule has 1 unspecified atom stereocenters. The Morgan fingerprint density at radius 2 is 2.18 bits per heavy atom. The van der Waals surface area contributed by atoms with E-state index in [1.165, 1.54) is 16.2 Å². The number of hydrogen-bond donors (Lipinski definition) is 2. The molecular formula is C12H18N2OS2. The first-order valence-electron chi connectivity index (χ1n) is 5.64. The summed E-state index contributed by atoms with van der Waals surface area (Å²) in [6.07, 6.45) is 0.945. The van der Waals surface area contributed by atoms with Crippen LogP contribution in [0, 0.1) is 5.92 Å². The van der Waals surface area contributed by atoms with Crippen LogP contribution in [0.25, 0.3) is 0 Å². The maximum Gasteiger partial charge on any atom is 0.261 e. The third-order valence-corrected chi connectivity index (χ3v) is 3.98. The fourth-order valence-corrected chi connectivity index (χ4v) is 2.65. The lowest BCUT2D eigenvalue weighted by Gasteiger charge is -2.20. The van der Waals surface area contributed by atoms with Crippen molar-refractivity contribution in [2.45, 2.75) is 33.2 Å². The summed E-state index contributed by atoms with van der Waals surface area (Å²) in [5.74, 6) is 0.100. The van der Waals surface area contributed by atoms with Crippen LogP contribution in [0.5, 0.6) is 0 Å². The number of thiophene rings is 1. The van der Waals surface area contributed by atoms with E-state index >= 15 is 0 Å². The van der Waals surface area contributed by atoms with Crippen LogP contribution in [-0.2, 0) is 6.42 Å². The molecule has 0 radical (unpaired) electrons. The summed E-state index contributed by atoms with van der Waals surface area (Å²) in [7, 11) is 0. The van der Waals surface area contributed by atoms with Gasteiger partial charge in [-0.1, -0.05) is 33.0 Å². The smallest absolute Gasteiger partial charge is 0.261 e. The molecule has 3 nitrogen and oxygen atoms in total. The molecule has 1 aromatic heterocycles. The van der Waals surface area contributed by atoms with Crippen LogP contribution in [0.4, 0.5) is 0 Å². The summed E-state index contributed by atoms with van der Waals surface area (Å²) < 4.78 is 0. The van der Waals surface area contributed by atoms with Gasteiger partial charge in [0.2, 0.25) is 0 Å². The summed E-state index contributed by atoms with van der Waals surface area (Å²) in [4.78, 5) is 14.2. The zero-order valence-corrected chi connectivity index (χ0v) is 12.0. The lowest BCUT2D eigenvalue weighted by atomic mass is 10.0. The number of thiocarbonyl (C=S) groups is 1. The third-order valence-electron chi connectivity index (χ3n) is 2.49. The number of hydrogen-bond acceptors (Lipinski definition) is 3. The molecule has 0 saturated carbocycles. The second-order valence-electron chi connectivity index (χ2n) is 4.22. The normalized spacial score (nSPS) is 12.5. The number of rotatable bonds is 5. The first-order chi connectivity index (χ1) is 7.95. The molecular weight excluding hydrogens is 252 g/mol. The van der Waals surface area contributed by atoms with Gasteiger partial charge in [-0.3, -0.25) is 4.79 Å². The van der Waals surface area contributed by atoms with E-state index in [2.05, 4.69) is 12.2 Å². The minimum atomic E-state index is -0.246. The van der Waals surface area contributed by atoms with Crippen molar-refractivity contribution < 1.29 is 4.79 Å². The Kier molecular flexibility index (Phi) is 5.08. The van der Waals surface area contributed by atoms with Crippen LogP contribution < -0.4 is 11.1 Å². The van der Waals surface area contributed by atoms with E-state index in [0.717, 1.165) is 6.42 Å². The first-order valence-corrected chi connectivity index (χ1v) is 6.87. The molecule has 0 aromatic carbocycles. The second kappa shape index (κ2) is 6.12. The zero-order chi connectivity index (χ0) is 13.0. The van der Waals surface area contributed by atoms with Gasteiger partial charge < -0.3 is 11.1 Å². The van der Waals surface area contributed by atoms with Gasteiger partial charge >= 0.3 is 0 Å². The minimum absolute atomic E-state index is 0.0961. The highest BCUT2D eigenvalue weighted by atomic mass is 32.1. The first kappa shape index (κ1) is 14.1. The SMILES string of the molecule is CCc1ccc(C(=O)NC(C(N)=S)C(C)C)s1. The van der Waals surface area contributed by atoms with Crippen molar-refractivity contribution in [1.29, 1.82) is 0 Å². The Labute approximate surface area is 111 Å². The van der Waals surface area contributed by atoms with E-state index in [9.17, 15) is 4.79 Å². The number of nitrogens with one attached hydrogen (secondary N) is 1. The molecule has 1 heterocycles. The van der Waals surface area contributed by atoms with E-state index in [1.807, 2.05) is 26.0 Å². The molecule has 94 valence electrons. The van der Waals surface area contributed by atoms with E-state index in [-0.39, 0.29) is 17.9 Å². The highest BCUT2D eigenvalue weighted by molar-refractivity contribution is 7.80. The van der Waals surface area contributed by atoms with E-state index in [4.69, 9.17) is 18.0 Å². The molecule has 3 N–H and O–H groups in total. The monoisotopic (exact) mass is 270 g/mol. The Balaban J connectivity index is 2.73. The number of amides is 1. The Morgan fingerprint density at radius 3 is 2.59 bits per heavy atom. The van der Waals surface area contributed by atoms with Crippen molar-refractivity contribution in [1.82, 2.24) is 5.32 Å². The van der Waals surface area contributed by atoms with Gasteiger partial charge in [-0.15, -0.1) is 11.3 Å². The summed E-state index contributed by atoms with van der Waals surface area (Å²) in [5, 5.41) is 2.87. The standard InChI is InChI=1S/C12H18N2OS2/c1-4-8-5-6-9(17-8)12(15)14-10(7(2)3)11(13)16/h5-7,10H,4H2,1-3H3,(H2,13,16)(H,14,15). The number of nitrogens with two attached hydrogens (primary N) is 1. The number of carbonyl (C=O) groups excluding carboxylic acids is 1. The summed E-state index contributed by atoms with van der Waals surface area (Å²) >= 11 is 6.47. The van der Waals surface area contributed by atoms with Crippen LogP contribution in [0.3, 0.4) is 0 Å². The molecule has 0 fully saturated rings. The molecule has 0 aliphatic rings. The molecule has 1 atom stereocenters. The largest absolute Gasteiger partial charge is 0.392 e. The molecule has 0 bridgehead atoms. The van der Waals surface area contributed by atoms with Crippen molar-refractivity contribution in [3.05, 3.63) is 21.9 Å². The van der Waals surface area contributed by atoms with Crippen LogP contribution in [0.2, 0.25) is 0 Å². The molecule has 0 aliphatic heterocycles. The van der Waals surface area contributed by atoms with Crippen molar-refractivity contribution in [2.75, 3.05) is 0 Å². The van der Waals surface area contributed by atoms with Crippen LogP contribution in [-0.4, -0.2) is 16.9 Å². The predicted molar refractivity (Wildman–Crippen MR) is 76.6 cm³/mol. The average molecular weight is 270 g/mol. The molecule has 0 aliphatic carbocycles. The summed E-state index contributed by atoms with van der Waals surface area (Å²) in [6.45, 7) is 6.03. The maximum absolute atomic E-state index is 12.0. The molecule has 0 saturated heterocycles. The Bertz CT molecular complexity index is 412. The van der Waals surface area contributed by atoms with E-state index < -0.39 is 0 Å². The average Bonchev–Trinajstić information content (AvgIpc) is 2.73. The molecule has 5 heteroatoms. The number of aryl methyl sites for hydroxylation is 1. The van der Waals surface area contributed by atoms with Crippen molar-refractivity contribution in [3.8, 4) is 0 Å². The zero-order valence-electron chi connectivity index (χ0n) is 10.3. The van der Waals surface area contributed by atoms with Crippen LogP contribution in [0.15, 0.2) is 12.1 Å². The summed E-state index contributed by atoms with van der Waals surface area (Å²) in [5.41, 5.74) is 5.62. The van der Waals surface area contributed by atoms with Crippen molar-refractivity contribution >= 4 is 34.5 Å². The van der Waals surface area contributed by atoms with Gasteiger partial charge in [0.15, 0.2) is 0 Å². The fraction of sp³-hybridized carbons (Fsp3) is 0.500. The van der Waals surface area contributed by atoms with Gasteiger partial charge in [-0.05, 0) is 24.5 Å². The predicted octanol–water partition coefficient (Wildman–Crippen LogP) is 2.35. The van der Waals surface area contributed by atoms with Crippen LogP contribution >= 0.6 is 23.6 Å². The molecule has 1 amide bonds. The highest BCUT2D eigenvalue weighted by Gasteiger charge is 2.20. The fourth-order valence-electron chi connectivity index (χ4n) is 1.47. The third kappa shape index (κ3) is 3.78. The molecule has 17 heavy (non-hydrogen) atoms. The molecule has 1 aromatic rings. The topological polar surface area (TPSA) is 55.1 Å². The lowest BCUT2D eigenvalue weighted by Crippen LogP contribution is -2.46. The van der Waals surface area contributed by atoms with E-state index in [0.29, 0.717) is 9.87 Å². The molecule has 1 rings (SSSR count). The van der Waals surface area contributed by atoms with Gasteiger partial charge in [0.05, 0.1) is 15.9 Å². The maximum atomic E-state index is 12.0. The lowest BCUT2D eigenvalue weighted by molar-refractivity contribution is 0.0944. The van der Waals surface area contributed by atoms with E-state index in [1.54, 1.807) is 0 Å². The highest BCUT2D eigenvalue weighted by Crippen LogP contribution is 2.17. The number of carbonyl (C=O) groups is 1. The van der Waals surface area contributed by atoms with Gasteiger partial charge in [0.25, 0.3) is 5.91 Å². The Hall–Kier alpha value is -0.940. The quantitative estimate of drug-likeness (QED) is 0.808.